The number of rotatable bonds is 3. The molecule has 0 aliphatic carbocycles. The Hall–Kier alpha value is -1.58. The number of benzene rings is 1. The molecule has 0 aromatic heterocycles. The molecule has 1 aromatic carbocycles. The summed E-state index contributed by atoms with van der Waals surface area (Å²) in [5.41, 5.74) is 0.282. The van der Waals surface area contributed by atoms with Gasteiger partial charge in [0, 0.05) is 13.1 Å². The third-order valence-electron chi connectivity index (χ3n) is 3.40. The Morgan fingerprint density at radius 3 is 2.65 bits per heavy atom. The van der Waals surface area contributed by atoms with Crippen LogP contribution in [0.3, 0.4) is 0 Å². The maximum atomic E-state index is 13.5. The quantitative estimate of drug-likeness (QED) is 0.878. The van der Waals surface area contributed by atoms with Gasteiger partial charge in [0.1, 0.15) is 11.4 Å². The number of aromatic carboxylic acids is 1. The zero-order valence-electron chi connectivity index (χ0n) is 9.98. The fraction of sp³-hybridized carbons (Fsp3) is 0.462. The predicted octanol–water partition coefficient (Wildman–Crippen LogP) is 2.62. The lowest BCUT2D eigenvalue weighted by molar-refractivity contribution is 0.0692. The van der Waals surface area contributed by atoms with Gasteiger partial charge >= 0.3 is 5.97 Å². The molecule has 1 N–H and O–H groups in total. The molecular formula is C13H16FNO2. The van der Waals surface area contributed by atoms with Crippen molar-refractivity contribution in [2.24, 2.45) is 11.8 Å². The molecule has 1 aromatic rings. The van der Waals surface area contributed by atoms with Crippen molar-refractivity contribution < 1.29 is 14.3 Å². The van der Waals surface area contributed by atoms with Gasteiger partial charge in [-0.1, -0.05) is 19.9 Å². The molecule has 1 saturated heterocycles. The number of halogens is 1. The molecule has 92 valence electrons. The molecule has 1 heterocycles. The van der Waals surface area contributed by atoms with Gasteiger partial charge in [-0.3, -0.25) is 0 Å². The molecule has 3 nitrogen and oxygen atoms in total. The molecule has 0 unspecified atom stereocenters. The maximum Gasteiger partial charge on any atom is 0.340 e. The highest BCUT2D eigenvalue weighted by molar-refractivity contribution is 5.95. The first-order valence-corrected chi connectivity index (χ1v) is 5.77. The Labute approximate surface area is 99.9 Å². The van der Waals surface area contributed by atoms with Crippen molar-refractivity contribution in [3.8, 4) is 0 Å². The van der Waals surface area contributed by atoms with Gasteiger partial charge in [-0.2, -0.15) is 0 Å². The number of carbonyl (C=O) groups is 1. The minimum absolute atomic E-state index is 0.213. The van der Waals surface area contributed by atoms with Crippen LogP contribution < -0.4 is 4.90 Å². The standard InChI is InChI=1S/C13H16FNO2/c1-8(2)9-6-15(7-9)11-5-3-4-10(14)12(11)13(16)17/h3-5,8-9H,6-7H2,1-2H3,(H,16,17). The van der Waals surface area contributed by atoms with E-state index in [9.17, 15) is 9.18 Å². The van der Waals surface area contributed by atoms with E-state index in [1.54, 1.807) is 12.1 Å². The zero-order valence-corrected chi connectivity index (χ0v) is 9.98. The predicted molar refractivity (Wildman–Crippen MR) is 63.9 cm³/mol. The second-order valence-corrected chi connectivity index (χ2v) is 4.85. The number of anilines is 1. The molecule has 0 atom stereocenters. The first-order valence-electron chi connectivity index (χ1n) is 5.77. The van der Waals surface area contributed by atoms with Crippen LogP contribution in [-0.2, 0) is 0 Å². The summed E-state index contributed by atoms with van der Waals surface area (Å²) in [5, 5.41) is 9.02. The third-order valence-corrected chi connectivity index (χ3v) is 3.40. The lowest BCUT2D eigenvalue weighted by Crippen LogP contribution is -2.49. The molecule has 0 spiro atoms. The monoisotopic (exact) mass is 237 g/mol. The van der Waals surface area contributed by atoms with Crippen LogP contribution in [0.2, 0.25) is 0 Å². The van der Waals surface area contributed by atoms with E-state index in [-0.39, 0.29) is 5.56 Å². The van der Waals surface area contributed by atoms with E-state index in [1.807, 2.05) is 4.90 Å². The van der Waals surface area contributed by atoms with Crippen LogP contribution in [-0.4, -0.2) is 24.2 Å². The Kier molecular flexibility index (Phi) is 3.05. The van der Waals surface area contributed by atoms with Gasteiger partial charge in [-0.15, -0.1) is 0 Å². The first kappa shape index (κ1) is 11.9. The van der Waals surface area contributed by atoms with E-state index in [2.05, 4.69) is 13.8 Å². The summed E-state index contributed by atoms with van der Waals surface area (Å²) < 4.78 is 13.5. The fourth-order valence-electron chi connectivity index (χ4n) is 2.12. The minimum Gasteiger partial charge on any atom is -0.478 e. The lowest BCUT2D eigenvalue weighted by Gasteiger charge is -2.43. The fourth-order valence-corrected chi connectivity index (χ4v) is 2.12. The van der Waals surface area contributed by atoms with Crippen molar-refractivity contribution in [3.63, 3.8) is 0 Å². The van der Waals surface area contributed by atoms with Gasteiger partial charge < -0.3 is 10.0 Å². The lowest BCUT2D eigenvalue weighted by atomic mass is 9.87. The molecule has 4 heteroatoms. The van der Waals surface area contributed by atoms with Crippen LogP contribution >= 0.6 is 0 Å². The topological polar surface area (TPSA) is 40.5 Å². The highest BCUT2D eigenvalue weighted by Gasteiger charge is 2.32. The summed E-state index contributed by atoms with van der Waals surface area (Å²) in [6, 6.07) is 4.41. The largest absolute Gasteiger partial charge is 0.478 e. The molecule has 1 aliphatic rings. The van der Waals surface area contributed by atoms with Crippen LogP contribution in [0.1, 0.15) is 24.2 Å². The zero-order chi connectivity index (χ0) is 12.6. The van der Waals surface area contributed by atoms with Gasteiger partial charge in [0.2, 0.25) is 0 Å². The summed E-state index contributed by atoms with van der Waals surface area (Å²) in [6.45, 7) is 5.90. The Morgan fingerprint density at radius 1 is 1.47 bits per heavy atom. The minimum atomic E-state index is -1.20. The molecule has 0 bridgehead atoms. The second kappa shape index (κ2) is 4.35. The Morgan fingerprint density at radius 2 is 2.12 bits per heavy atom. The third kappa shape index (κ3) is 2.12. The molecule has 0 radical (unpaired) electrons. The van der Waals surface area contributed by atoms with E-state index in [0.29, 0.717) is 17.5 Å². The number of carboxylic acids is 1. The smallest absolute Gasteiger partial charge is 0.340 e. The second-order valence-electron chi connectivity index (χ2n) is 4.85. The summed E-state index contributed by atoms with van der Waals surface area (Å²) in [7, 11) is 0. The summed E-state index contributed by atoms with van der Waals surface area (Å²) >= 11 is 0. The molecule has 1 aliphatic heterocycles. The molecule has 17 heavy (non-hydrogen) atoms. The van der Waals surface area contributed by atoms with E-state index >= 15 is 0 Å². The van der Waals surface area contributed by atoms with E-state index in [0.717, 1.165) is 13.1 Å². The molecular weight excluding hydrogens is 221 g/mol. The van der Waals surface area contributed by atoms with Crippen molar-refractivity contribution in [1.82, 2.24) is 0 Å². The molecule has 0 saturated carbocycles. The number of hydrogen-bond acceptors (Lipinski definition) is 2. The van der Waals surface area contributed by atoms with Gasteiger partial charge in [-0.05, 0) is 24.0 Å². The first-order chi connectivity index (χ1) is 8.00. The van der Waals surface area contributed by atoms with Gasteiger partial charge in [0.15, 0.2) is 0 Å². The van der Waals surface area contributed by atoms with Crippen molar-refractivity contribution in [1.29, 1.82) is 0 Å². The Balaban J connectivity index is 2.23. The van der Waals surface area contributed by atoms with Crippen molar-refractivity contribution in [2.45, 2.75) is 13.8 Å². The molecule has 2 rings (SSSR count). The van der Waals surface area contributed by atoms with Gasteiger partial charge in [-0.25, -0.2) is 9.18 Å². The number of carboxylic acid groups (broad SMARTS) is 1. The van der Waals surface area contributed by atoms with Crippen molar-refractivity contribution in [3.05, 3.63) is 29.6 Å². The van der Waals surface area contributed by atoms with Crippen LogP contribution in [0.5, 0.6) is 0 Å². The van der Waals surface area contributed by atoms with Crippen LogP contribution in [0.15, 0.2) is 18.2 Å². The number of nitrogens with zero attached hydrogens (tertiary/aromatic N) is 1. The highest BCUT2D eigenvalue weighted by Crippen LogP contribution is 2.32. The van der Waals surface area contributed by atoms with Gasteiger partial charge in [0.05, 0.1) is 5.69 Å². The highest BCUT2D eigenvalue weighted by atomic mass is 19.1. The van der Waals surface area contributed by atoms with E-state index in [1.165, 1.54) is 6.07 Å². The van der Waals surface area contributed by atoms with Crippen LogP contribution in [0, 0.1) is 17.7 Å². The number of hydrogen-bond donors (Lipinski definition) is 1. The summed E-state index contributed by atoms with van der Waals surface area (Å²) in [5.74, 6) is -0.720. The molecule has 1 fully saturated rings. The summed E-state index contributed by atoms with van der Waals surface area (Å²) in [4.78, 5) is 13.0. The molecule has 0 amide bonds. The SMILES string of the molecule is CC(C)C1CN(c2cccc(F)c2C(=O)O)C1. The maximum absolute atomic E-state index is 13.5. The van der Waals surface area contributed by atoms with E-state index in [4.69, 9.17) is 5.11 Å². The van der Waals surface area contributed by atoms with Crippen molar-refractivity contribution in [2.75, 3.05) is 18.0 Å². The van der Waals surface area contributed by atoms with E-state index < -0.39 is 11.8 Å². The normalized spacial score (nSPS) is 16.1. The average Bonchev–Trinajstić information content (AvgIpc) is 2.13. The van der Waals surface area contributed by atoms with Crippen LogP contribution in [0.4, 0.5) is 10.1 Å². The van der Waals surface area contributed by atoms with Gasteiger partial charge in [0.25, 0.3) is 0 Å². The van der Waals surface area contributed by atoms with Crippen LogP contribution in [0.25, 0.3) is 0 Å². The summed E-state index contributed by atoms with van der Waals surface area (Å²) in [6.07, 6.45) is 0. The average molecular weight is 237 g/mol. The van der Waals surface area contributed by atoms with Crippen molar-refractivity contribution >= 4 is 11.7 Å². The Bertz CT molecular complexity index is 439.